The van der Waals surface area contributed by atoms with E-state index in [2.05, 4.69) is 0 Å². The molecule has 0 aromatic carbocycles. The van der Waals surface area contributed by atoms with Gasteiger partial charge in [-0.25, -0.2) is 8.78 Å². The van der Waals surface area contributed by atoms with Gasteiger partial charge >= 0.3 is 0 Å². The van der Waals surface area contributed by atoms with Crippen LogP contribution in [-0.2, 0) is 0 Å². The van der Waals surface area contributed by atoms with E-state index in [1.807, 2.05) is 0 Å². The second kappa shape index (κ2) is 3.43. The molecule has 1 aliphatic carbocycles. The first-order valence-corrected chi connectivity index (χ1v) is 5.54. The number of aliphatic hydroxyl groups is 1. The molecule has 2 rings (SSSR count). The number of rotatable bonds is 3. The monoisotopic (exact) mass is 238 g/mol. The van der Waals surface area contributed by atoms with E-state index in [0.717, 1.165) is 0 Å². The summed E-state index contributed by atoms with van der Waals surface area (Å²) in [6.45, 7) is 0. The van der Waals surface area contributed by atoms with E-state index >= 15 is 0 Å². The van der Waals surface area contributed by atoms with Crippen molar-refractivity contribution < 1.29 is 13.9 Å². The minimum atomic E-state index is -2.55. The Bertz CT molecular complexity index is 339. The summed E-state index contributed by atoms with van der Waals surface area (Å²) >= 11 is 6.96. The third kappa shape index (κ3) is 2.07. The molecule has 1 heterocycles. The smallest absolute Gasteiger partial charge is 0.251 e. The van der Waals surface area contributed by atoms with Crippen molar-refractivity contribution in [2.75, 3.05) is 0 Å². The second-order valence-corrected chi connectivity index (χ2v) is 4.96. The Labute approximate surface area is 89.3 Å². The summed E-state index contributed by atoms with van der Waals surface area (Å²) in [4.78, 5) is 0.665. The molecule has 0 bridgehead atoms. The van der Waals surface area contributed by atoms with E-state index in [9.17, 15) is 13.9 Å². The largest absolute Gasteiger partial charge is 0.388 e. The van der Waals surface area contributed by atoms with Crippen LogP contribution in [0.4, 0.5) is 8.78 Å². The van der Waals surface area contributed by atoms with Gasteiger partial charge in [-0.15, -0.1) is 11.3 Å². The number of hydrogen-bond acceptors (Lipinski definition) is 2. The molecular formula is C9H9ClF2OS. The minimum Gasteiger partial charge on any atom is -0.388 e. The lowest BCUT2D eigenvalue weighted by molar-refractivity contribution is 0.0775. The molecule has 1 fully saturated rings. The van der Waals surface area contributed by atoms with Crippen molar-refractivity contribution in [1.29, 1.82) is 0 Å². The molecule has 0 radical (unpaired) electrons. The van der Waals surface area contributed by atoms with Gasteiger partial charge in [0.15, 0.2) is 0 Å². The van der Waals surface area contributed by atoms with Crippen LogP contribution in [0.2, 0.25) is 5.02 Å². The number of thiophene rings is 1. The zero-order valence-electron chi connectivity index (χ0n) is 7.21. The predicted octanol–water partition coefficient (Wildman–Crippen LogP) is 3.48. The lowest BCUT2D eigenvalue weighted by Crippen LogP contribution is -2.01. The topological polar surface area (TPSA) is 20.2 Å². The maximum atomic E-state index is 12.5. The van der Waals surface area contributed by atoms with E-state index in [-0.39, 0.29) is 12.8 Å². The molecule has 1 N–H and O–H groups in total. The van der Waals surface area contributed by atoms with Crippen LogP contribution in [-0.4, -0.2) is 11.0 Å². The first-order valence-electron chi connectivity index (χ1n) is 4.29. The van der Waals surface area contributed by atoms with Crippen LogP contribution in [0.5, 0.6) is 0 Å². The molecule has 1 aliphatic rings. The van der Waals surface area contributed by atoms with Gasteiger partial charge < -0.3 is 5.11 Å². The molecule has 1 nitrogen and oxygen atoms in total. The summed E-state index contributed by atoms with van der Waals surface area (Å²) < 4.78 is 25.1. The molecule has 2 atom stereocenters. The number of aliphatic hydroxyl groups excluding tert-OH is 1. The van der Waals surface area contributed by atoms with Crippen LogP contribution in [0.15, 0.2) is 11.4 Å². The van der Waals surface area contributed by atoms with Crippen LogP contribution in [0, 0.1) is 5.92 Å². The molecule has 0 aliphatic heterocycles. The standard InChI is InChI=1S/C9H9ClF2OS/c10-6-2-8(14-4-6)7(13)1-5-3-9(5,11)12/h2,4-5,7,13H,1,3H2. The van der Waals surface area contributed by atoms with E-state index in [1.54, 1.807) is 11.4 Å². The Morgan fingerprint density at radius 3 is 2.79 bits per heavy atom. The number of hydrogen-bond donors (Lipinski definition) is 1. The van der Waals surface area contributed by atoms with Gasteiger partial charge in [0, 0.05) is 22.6 Å². The minimum absolute atomic E-state index is 0.0941. The fourth-order valence-corrected chi connectivity index (χ4v) is 2.49. The molecular weight excluding hydrogens is 230 g/mol. The summed E-state index contributed by atoms with van der Waals surface area (Å²) in [5.41, 5.74) is 0. The summed E-state index contributed by atoms with van der Waals surface area (Å²) in [7, 11) is 0. The fourth-order valence-electron chi connectivity index (χ4n) is 1.41. The maximum absolute atomic E-state index is 12.5. The Morgan fingerprint density at radius 2 is 2.36 bits per heavy atom. The molecule has 14 heavy (non-hydrogen) atoms. The molecule has 1 aromatic heterocycles. The molecule has 78 valence electrons. The van der Waals surface area contributed by atoms with Crippen molar-refractivity contribution in [3.05, 3.63) is 21.3 Å². The van der Waals surface area contributed by atoms with Crippen molar-refractivity contribution in [2.45, 2.75) is 24.9 Å². The molecule has 2 unspecified atom stereocenters. The molecule has 5 heteroatoms. The molecule has 0 amide bonds. The van der Waals surface area contributed by atoms with Crippen LogP contribution in [0.25, 0.3) is 0 Å². The Morgan fingerprint density at radius 1 is 1.71 bits per heavy atom. The summed E-state index contributed by atoms with van der Waals surface area (Å²) in [5, 5.41) is 11.8. The summed E-state index contributed by atoms with van der Waals surface area (Å²) in [5.74, 6) is -3.21. The quantitative estimate of drug-likeness (QED) is 0.855. The van der Waals surface area contributed by atoms with Crippen LogP contribution in [0.3, 0.4) is 0 Å². The SMILES string of the molecule is OC(CC1CC1(F)F)c1cc(Cl)cs1. The first-order chi connectivity index (χ1) is 6.49. The van der Waals surface area contributed by atoms with Crippen molar-refractivity contribution >= 4 is 22.9 Å². The Hall–Kier alpha value is -0.190. The van der Waals surface area contributed by atoms with Gasteiger partial charge in [0.2, 0.25) is 0 Å². The van der Waals surface area contributed by atoms with E-state index < -0.39 is 17.9 Å². The lowest BCUT2D eigenvalue weighted by atomic mass is 10.1. The number of halogens is 3. The zero-order valence-corrected chi connectivity index (χ0v) is 8.79. The lowest BCUT2D eigenvalue weighted by Gasteiger charge is -2.06. The average molecular weight is 239 g/mol. The Balaban J connectivity index is 1.94. The molecule has 1 aromatic rings. The van der Waals surface area contributed by atoms with Gasteiger partial charge in [-0.3, -0.25) is 0 Å². The fraction of sp³-hybridized carbons (Fsp3) is 0.556. The first kappa shape index (κ1) is 10.3. The van der Waals surface area contributed by atoms with E-state index in [1.165, 1.54) is 11.3 Å². The zero-order chi connectivity index (χ0) is 10.3. The van der Waals surface area contributed by atoms with E-state index in [4.69, 9.17) is 11.6 Å². The van der Waals surface area contributed by atoms with Gasteiger partial charge in [-0.1, -0.05) is 11.6 Å². The highest BCUT2D eigenvalue weighted by Gasteiger charge is 2.57. The third-order valence-corrected chi connectivity index (χ3v) is 3.76. The van der Waals surface area contributed by atoms with Gasteiger partial charge in [0.1, 0.15) is 0 Å². The average Bonchev–Trinajstić information content (AvgIpc) is 2.52. The molecule has 0 spiro atoms. The Kier molecular flexibility index (Phi) is 2.53. The van der Waals surface area contributed by atoms with Crippen LogP contribution >= 0.6 is 22.9 Å². The predicted molar refractivity (Wildman–Crippen MR) is 52.0 cm³/mol. The van der Waals surface area contributed by atoms with Crippen LogP contribution in [0.1, 0.15) is 23.8 Å². The number of alkyl halides is 2. The van der Waals surface area contributed by atoms with Gasteiger partial charge in [-0.2, -0.15) is 0 Å². The maximum Gasteiger partial charge on any atom is 0.251 e. The highest BCUT2D eigenvalue weighted by molar-refractivity contribution is 7.10. The van der Waals surface area contributed by atoms with Crippen molar-refractivity contribution in [2.24, 2.45) is 5.92 Å². The summed E-state index contributed by atoms with van der Waals surface area (Å²) in [6.07, 6.45) is -0.765. The van der Waals surface area contributed by atoms with Crippen molar-refractivity contribution in [3.63, 3.8) is 0 Å². The molecule has 0 saturated heterocycles. The highest BCUT2D eigenvalue weighted by Crippen LogP contribution is 2.52. The van der Waals surface area contributed by atoms with Gasteiger partial charge in [-0.05, 0) is 12.5 Å². The second-order valence-electron chi connectivity index (χ2n) is 3.58. The molecule has 1 saturated carbocycles. The normalized spacial score (nSPS) is 26.1. The third-order valence-electron chi connectivity index (χ3n) is 2.38. The highest BCUT2D eigenvalue weighted by atomic mass is 35.5. The van der Waals surface area contributed by atoms with Crippen LogP contribution < -0.4 is 0 Å². The summed E-state index contributed by atoms with van der Waals surface area (Å²) in [6, 6.07) is 1.62. The van der Waals surface area contributed by atoms with E-state index in [0.29, 0.717) is 9.90 Å². The van der Waals surface area contributed by atoms with Crippen molar-refractivity contribution in [1.82, 2.24) is 0 Å². The van der Waals surface area contributed by atoms with Gasteiger partial charge in [0.25, 0.3) is 5.92 Å². The van der Waals surface area contributed by atoms with Gasteiger partial charge in [0.05, 0.1) is 11.1 Å². The van der Waals surface area contributed by atoms with Crippen molar-refractivity contribution in [3.8, 4) is 0 Å².